The second kappa shape index (κ2) is 6.38. The van der Waals surface area contributed by atoms with Crippen LogP contribution in [0.25, 0.3) is 0 Å². The summed E-state index contributed by atoms with van der Waals surface area (Å²) < 4.78 is 7.03. The summed E-state index contributed by atoms with van der Waals surface area (Å²) in [6.07, 6.45) is 0.606. The molecular formula is C16H19N5O3. The van der Waals surface area contributed by atoms with E-state index in [-0.39, 0.29) is 23.3 Å². The molecule has 0 bridgehead atoms. The maximum Gasteiger partial charge on any atom is 0.274 e. The summed E-state index contributed by atoms with van der Waals surface area (Å²) >= 11 is 0. The average Bonchev–Trinajstić information content (AvgIpc) is 2.96. The molecule has 2 aromatic rings. The molecule has 0 saturated carbocycles. The van der Waals surface area contributed by atoms with Crippen LogP contribution >= 0.6 is 0 Å². The fraction of sp³-hybridized carbons (Fsp3) is 0.438. The first-order valence-electron chi connectivity index (χ1n) is 7.75. The van der Waals surface area contributed by atoms with Crippen molar-refractivity contribution in [3.63, 3.8) is 0 Å². The van der Waals surface area contributed by atoms with Crippen LogP contribution in [-0.2, 0) is 7.05 Å². The van der Waals surface area contributed by atoms with Crippen LogP contribution in [0.4, 0.5) is 0 Å². The quantitative estimate of drug-likeness (QED) is 0.813. The van der Waals surface area contributed by atoms with E-state index in [2.05, 4.69) is 15.1 Å². The van der Waals surface area contributed by atoms with Crippen molar-refractivity contribution in [1.82, 2.24) is 24.6 Å². The van der Waals surface area contributed by atoms with Crippen LogP contribution in [0, 0.1) is 13.8 Å². The molecule has 1 amide bonds. The Hall–Kier alpha value is -2.77. The maximum atomic E-state index is 12.5. The zero-order valence-electron chi connectivity index (χ0n) is 13.9. The molecule has 3 rings (SSSR count). The zero-order valence-corrected chi connectivity index (χ0v) is 13.9. The molecule has 0 unspecified atom stereocenters. The van der Waals surface area contributed by atoms with Gasteiger partial charge >= 0.3 is 0 Å². The number of hydrogen-bond acceptors (Lipinski definition) is 6. The van der Waals surface area contributed by atoms with Gasteiger partial charge in [0.25, 0.3) is 11.5 Å². The summed E-state index contributed by atoms with van der Waals surface area (Å²) in [5, 5.41) is 4.00. The lowest BCUT2D eigenvalue weighted by molar-refractivity contribution is 0.0762. The Morgan fingerprint density at radius 3 is 2.79 bits per heavy atom. The van der Waals surface area contributed by atoms with Gasteiger partial charge in [-0.05, 0) is 19.9 Å². The number of ether oxygens (including phenoxy) is 1. The number of carbonyl (C=O) groups is 1. The van der Waals surface area contributed by atoms with Gasteiger partial charge in [-0.1, -0.05) is 0 Å². The van der Waals surface area contributed by atoms with Crippen molar-refractivity contribution in [2.45, 2.75) is 26.4 Å². The van der Waals surface area contributed by atoms with Crippen molar-refractivity contribution in [3.8, 4) is 5.88 Å². The molecule has 2 aromatic heterocycles. The summed E-state index contributed by atoms with van der Waals surface area (Å²) in [6, 6.07) is 4.58. The van der Waals surface area contributed by atoms with Gasteiger partial charge in [0, 0.05) is 37.8 Å². The monoisotopic (exact) mass is 329 g/mol. The van der Waals surface area contributed by atoms with E-state index in [9.17, 15) is 9.59 Å². The summed E-state index contributed by atoms with van der Waals surface area (Å²) in [4.78, 5) is 34.0. The molecule has 0 spiro atoms. The van der Waals surface area contributed by atoms with Gasteiger partial charge in [-0.2, -0.15) is 10.1 Å². The standard InChI is InChI=1S/C16H19N5O3/c1-10-8-14(18-11(2)17-10)24-12-6-7-21(9-12)16(23)13-4-5-15(22)20(3)19-13/h4-5,8,12H,6-7,9H2,1-3H3/t12-/m1/s1. The number of aromatic nitrogens is 4. The predicted octanol–water partition coefficient (Wildman–Crippen LogP) is 0.481. The number of rotatable bonds is 3. The van der Waals surface area contributed by atoms with E-state index in [1.54, 1.807) is 11.0 Å². The van der Waals surface area contributed by atoms with Gasteiger partial charge in [0.1, 0.15) is 17.6 Å². The normalized spacial score (nSPS) is 17.1. The molecule has 3 heterocycles. The predicted molar refractivity (Wildman–Crippen MR) is 85.9 cm³/mol. The number of nitrogens with zero attached hydrogens (tertiary/aromatic N) is 5. The second-order valence-electron chi connectivity index (χ2n) is 5.85. The number of likely N-dealkylation sites (tertiary alicyclic amines) is 1. The molecule has 0 radical (unpaired) electrons. The van der Waals surface area contributed by atoms with Crippen molar-refractivity contribution in [3.05, 3.63) is 45.8 Å². The first kappa shape index (κ1) is 16.1. The summed E-state index contributed by atoms with van der Waals surface area (Å²) in [6.45, 7) is 4.75. The van der Waals surface area contributed by atoms with Crippen LogP contribution in [0.15, 0.2) is 23.0 Å². The Morgan fingerprint density at radius 1 is 1.29 bits per heavy atom. The first-order chi connectivity index (χ1) is 11.4. The third-order valence-corrected chi connectivity index (χ3v) is 3.84. The van der Waals surface area contributed by atoms with Crippen LogP contribution in [0.3, 0.4) is 0 Å². The molecule has 0 N–H and O–H groups in total. The molecule has 126 valence electrons. The van der Waals surface area contributed by atoms with E-state index < -0.39 is 0 Å². The zero-order chi connectivity index (χ0) is 17.3. The largest absolute Gasteiger partial charge is 0.472 e. The second-order valence-corrected chi connectivity index (χ2v) is 5.85. The first-order valence-corrected chi connectivity index (χ1v) is 7.75. The van der Waals surface area contributed by atoms with Crippen LogP contribution in [0.1, 0.15) is 28.4 Å². The van der Waals surface area contributed by atoms with E-state index in [1.165, 1.54) is 19.2 Å². The van der Waals surface area contributed by atoms with Crippen LogP contribution in [-0.4, -0.2) is 49.7 Å². The Kier molecular flexibility index (Phi) is 4.28. The molecule has 0 aromatic carbocycles. The number of carbonyl (C=O) groups excluding carboxylic acids is 1. The highest BCUT2D eigenvalue weighted by atomic mass is 16.5. The minimum Gasteiger partial charge on any atom is -0.472 e. The molecule has 1 fully saturated rings. The molecule has 0 aliphatic carbocycles. The van der Waals surface area contributed by atoms with Crippen LogP contribution in [0.2, 0.25) is 0 Å². The topological polar surface area (TPSA) is 90.2 Å². The van der Waals surface area contributed by atoms with Crippen molar-refractivity contribution in [2.75, 3.05) is 13.1 Å². The number of hydrogen-bond donors (Lipinski definition) is 0. The highest BCUT2D eigenvalue weighted by molar-refractivity contribution is 5.92. The molecule has 8 nitrogen and oxygen atoms in total. The Bertz CT molecular complexity index is 812. The van der Waals surface area contributed by atoms with Gasteiger partial charge in [-0.25, -0.2) is 9.67 Å². The summed E-state index contributed by atoms with van der Waals surface area (Å²) in [5.41, 5.74) is 0.855. The fourth-order valence-corrected chi connectivity index (χ4v) is 2.70. The Labute approximate surface area is 139 Å². The molecule has 1 aliphatic heterocycles. The Balaban J connectivity index is 1.67. The molecular weight excluding hydrogens is 310 g/mol. The molecule has 1 atom stereocenters. The van der Waals surface area contributed by atoms with Crippen molar-refractivity contribution < 1.29 is 9.53 Å². The van der Waals surface area contributed by atoms with Crippen molar-refractivity contribution in [2.24, 2.45) is 7.05 Å². The average molecular weight is 329 g/mol. The van der Waals surface area contributed by atoms with Gasteiger partial charge in [-0.15, -0.1) is 0 Å². The SMILES string of the molecule is Cc1cc(O[C@@H]2CCN(C(=O)c3ccc(=O)n(C)n3)C2)nc(C)n1. The summed E-state index contributed by atoms with van der Waals surface area (Å²) in [7, 11) is 1.52. The molecule has 24 heavy (non-hydrogen) atoms. The highest BCUT2D eigenvalue weighted by Crippen LogP contribution is 2.18. The third-order valence-electron chi connectivity index (χ3n) is 3.84. The van der Waals surface area contributed by atoms with E-state index in [1.807, 2.05) is 13.8 Å². The minimum absolute atomic E-state index is 0.116. The van der Waals surface area contributed by atoms with Crippen LogP contribution < -0.4 is 10.3 Å². The van der Waals surface area contributed by atoms with Crippen molar-refractivity contribution >= 4 is 5.91 Å². The van der Waals surface area contributed by atoms with Gasteiger partial charge in [0.05, 0.1) is 6.54 Å². The summed E-state index contributed by atoms with van der Waals surface area (Å²) in [5.74, 6) is 0.983. The number of amides is 1. The highest BCUT2D eigenvalue weighted by Gasteiger charge is 2.29. The smallest absolute Gasteiger partial charge is 0.274 e. The Morgan fingerprint density at radius 2 is 2.08 bits per heavy atom. The van der Waals surface area contributed by atoms with Gasteiger partial charge < -0.3 is 9.64 Å². The fourth-order valence-electron chi connectivity index (χ4n) is 2.70. The lowest BCUT2D eigenvalue weighted by Crippen LogP contribution is -2.33. The molecule has 1 saturated heterocycles. The van der Waals surface area contributed by atoms with Gasteiger partial charge in [0.2, 0.25) is 5.88 Å². The lowest BCUT2D eigenvalue weighted by atomic mass is 10.3. The van der Waals surface area contributed by atoms with Crippen molar-refractivity contribution in [1.29, 1.82) is 0 Å². The number of aryl methyl sites for hydroxylation is 3. The molecule has 1 aliphatic rings. The van der Waals surface area contributed by atoms with E-state index in [0.29, 0.717) is 24.8 Å². The molecule has 8 heteroatoms. The minimum atomic E-state index is -0.247. The van der Waals surface area contributed by atoms with E-state index >= 15 is 0 Å². The van der Waals surface area contributed by atoms with Gasteiger partial charge in [0.15, 0.2) is 0 Å². The third kappa shape index (κ3) is 3.42. The van der Waals surface area contributed by atoms with E-state index in [0.717, 1.165) is 16.8 Å². The van der Waals surface area contributed by atoms with E-state index in [4.69, 9.17) is 4.74 Å². The van der Waals surface area contributed by atoms with Gasteiger partial charge in [-0.3, -0.25) is 9.59 Å². The maximum absolute atomic E-state index is 12.5. The lowest BCUT2D eigenvalue weighted by Gasteiger charge is -2.17. The van der Waals surface area contributed by atoms with Crippen LogP contribution in [0.5, 0.6) is 5.88 Å².